The van der Waals surface area contributed by atoms with Crippen molar-refractivity contribution in [2.24, 2.45) is 17.8 Å². The lowest BCUT2D eigenvalue weighted by Gasteiger charge is -2.40. The first-order chi connectivity index (χ1) is 17.9. The molecular weight excluding hydrogens is 486 g/mol. The number of amides is 3. The summed E-state index contributed by atoms with van der Waals surface area (Å²) in [5, 5.41) is 16.6. The van der Waals surface area contributed by atoms with E-state index in [2.05, 4.69) is 17.6 Å². The number of thioether (sulfide) groups is 1. The third kappa shape index (κ3) is 4.24. The molecule has 2 aromatic rings. The summed E-state index contributed by atoms with van der Waals surface area (Å²) in [6.07, 6.45) is 1.59. The number of nitrogens with one attached hydrogen (secondary N) is 2. The Balaban J connectivity index is 1.55. The van der Waals surface area contributed by atoms with Crippen LogP contribution in [0.5, 0.6) is 0 Å². The molecule has 2 bridgehead atoms. The number of carbonyl (C=O) groups is 3. The first-order valence-corrected chi connectivity index (χ1v) is 14.1. The zero-order valence-electron chi connectivity index (χ0n) is 21.3. The molecule has 196 valence electrons. The summed E-state index contributed by atoms with van der Waals surface area (Å²) in [6.45, 7) is 4.70. The average molecular weight is 522 g/mol. The molecule has 8 heteroatoms. The van der Waals surface area contributed by atoms with Crippen molar-refractivity contribution in [2.75, 3.05) is 13.2 Å². The maximum absolute atomic E-state index is 14.3. The van der Waals surface area contributed by atoms with Crippen molar-refractivity contribution in [3.63, 3.8) is 0 Å². The zero-order chi connectivity index (χ0) is 26.2. The SMILES string of the molecule is CCCNC(=O)[C@@H]1[C@H]2C(=O)N([C@H](CO)c3ccccc3)C(C(=O)NCc3ccccc3)C23S[C@@H]1CC3C. The van der Waals surface area contributed by atoms with Crippen LogP contribution in [0.4, 0.5) is 0 Å². The van der Waals surface area contributed by atoms with Gasteiger partial charge in [0.2, 0.25) is 17.7 Å². The number of aliphatic hydroxyl groups excluding tert-OH is 1. The summed E-state index contributed by atoms with van der Waals surface area (Å²) in [6, 6.07) is 17.6. The zero-order valence-corrected chi connectivity index (χ0v) is 22.1. The third-order valence-electron chi connectivity index (χ3n) is 8.29. The molecule has 7 nitrogen and oxygen atoms in total. The molecule has 0 radical (unpaired) electrons. The van der Waals surface area contributed by atoms with Gasteiger partial charge in [0.1, 0.15) is 6.04 Å². The minimum absolute atomic E-state index is 0.00307. The van der Waals surface area contributed by atoms with Gasteiger partial charge in [-0.15, -0.1) is 11.8 Å². The van der Waals surface area contributed by atoms with Crippen LogP contribution in [0.15, 0.2) is 60.7 Å². The summed E-state index contributed by atoms with van der Waals surface area (Å²) < 4.78 is -0.723. The van der Waals surface area contributed by atoms with Gasteiger partial charge in [-0.25, -0.2) is 0 Å². The van der Waals surface area contributed by atoms with Crippen molar-refractivity contribution in [2.45, 2.75) is 55.3 Å². The van der Waals surface area contributed by atoms with E-state index in [-0.39, 0.29) is 35.5 Å². The van der Waals surface area contributed by atoms with Crippen molar-refractivity contribution >= 4 is 29.5 Å². The molecular formula is C29H35N3O4S. The molecule has 3 amide bonds. The lowest BCUT2D eigenvalue weighted by molar-refractivity contribution is -0.143. The highest BCUT2D eigenvalue weighted by Gasteiger charge is 2.76. The molecule has 3 aliphatic heterocycles. The Hall–Kier alpha value is -2.84. The van der Waals surface area contributed by atoms with E-state index in [0.29, 0.717) is 13.1 Å². The molecule has 3 unspecified atom stereocenters. The van der Waals surface area contributed by atoms with Gasteiger partial charge < -0.3 is 20.6 Å². The van der Waals surface area contributed by atoms with Gasteiger partial charge in [-0.05, 0) is 29.9 Å². The van der Waals surface area contributed by atoms with E-state index in [1.165, 1.54) is 0 Å². The van der Waals surface area contributed by atoms with Gasteiger partial charge in [0, 0.05) is 18.3 Å². The summed E-state index contributed by atoms with van der Waals surface area (Å²) >= 11 is 1.65. The van der Waals surface area contributed by atoms with E-state index in [1.807, 2.05) is 67.6 Å². The predicted octanol–water partition coefficient (Wildman–Crippen LogP) is 2.90. The standard InChI is InChI=1S/C29H35N3O4S/c1-3-14-30-26(34)23-22-15-18(2)29(37-22)24(23)28(36)32(21(17-33)20-12-8-5-9-13-20)25(29)27(35)31-16-19-10-6-4-7-11-19/h4-13,18,21-25,33H,3,14-17H2,1-2H3,(H,30,34)(H,31,35)/t18?,21-,22-,23+,24+,25?,29?/m1/s1. The summed E-state index contributed by atoms with van der Waals surface area (Å²) in [5.74, 6) is -1.56. The van der Waals surface area contributed by atoms with E-state index < -0.39 is 28.7 Å². The molecule has 0 saturated carbocycles. The maximum atomic E-state index is 14.3. The van der Waals surface area contributed by atoms with Crippen molar-refractivity contribution in [3.05, 3.63) is 71.8 Å². The predicted molar refractivity (Wildman–Crippen MR) is 143 cm³/mol. The molecule has 3 fully saturated rings. The summed E-state index contributed by atoms with van der Waals surface area (Å²) in [5.41, 5.74) is 1.74. The number of likely N-dealkylation sites (tertiary alicyclic amines) is 1. The van der Waals surface area contributed by atoms with E-state index >= 15 is 0 Å². The first kappa shape index (κ1) is 25.8. The Morgan fingerprint density at radius 3 is 2.41 bits per heavy atom. The van der Waals surface area contributed by atoms with Crippen LogP contribution in [0.2, 0.25) is 0 Å². The van der Waals surface area contributed by atoms with Crippen LogP contribution in [0.3, 0.4) is 0 Å². The molecule has 3 aliphatic rings. The number of fused-ring (bicyclic) bond motifs is 1. The number of benzene rings is 2. The summed E-state index contributed by atoms with van der Waals surface area (Å²) in [4.78, 5) is 43.3. The molecule has 2 aromatic carbocycles. The van der Waals surface area contributed by atoms with Gasteiger partial charge in [0.15, 0.2) is 0 Å². The van der Waals surface area contributed by atoms with Gasteiger partial charge >= 0.3 is 0 Å². The van der Waals surface area contributed by atoms with Crippen molar-refractivity contribution in [3.8, 4) is 0 Å². The molecule has 0 aliphatic carbocycles. The normalized spacial score (nSPS) is 30.7. The maximum Gasteiger partial charge on any atom is 0.244 e. The molecule has 3 saturated heterocycles. The van der Waals surface area contributed by atoms with Crippen LogP contribution in [0.25, 0.3) is 0 Å². The van der Waals surface area contributed by atoms with Gasteiger partial charge in [0.25, 0.3) is 0 Å². The van der Waals surface area contributed by atoms with Crippen LogP contribution in [0, 0.1) is 17.8 Å². The molecule has 3 heterocycles. The fourth-order valence-corrected chi connectivity index (χ4v) is 9.08. The Kier molecular flexibility index (Phi) is 7.32. The minimum atomic E-state index is -0.792. The Morgan fingerprint density at radius 1 is 1.08 bits per heavy atom. The second-order valence-corrected chi connectivity index (χ2v) is 11.9. The number of carbonyl (C=O) groups excluding carboxylic acids is 3. The van der Waals surface area contributed by atoms with Gasteiger partial charge in [-0.2, -0.15) is 0 Å². The molecule has 1 spiro atoms. The van der Waals surface area contributed by atoms with Crippen molar-refractivity contribution < 1.29 is 19.5 Å². The largest absolute Gasteiger partial charge is 0.394 e. The second kappa shape index (κ2) is 10.5. The smallest absolute Gasteiger partial charge is 0.244 e. The molecule has 0 aromatic heterocycles. The fraction of sp³-hybridized carbons (Fsp3) is 0.483. The van der Waals surface area contributed by atoms with Crippen LogP contribution in [-0.4, -0.2) is 56.9 Å². The van der Waals surface area contributed by atoms with E-state index in [1.54, 1.807) is 16.7 Å². The molecule has 5 rings (SSSR count). The number of rotatable bonds is 9. The number of hydrogen-bond donors (Lipinski definition) is 3. The highest BCUT2D eigenvalue weighted by Crippen LogP contribution is 2.69. The monoisotopic (exact) mass is 521 g/mol. The first-order valence-electron chi connectivity index (χ1n) is 13.2. The van der Waals surface area contributed by atoms with Crippen molar-refractivity contribution in [1.29, 1.82) is 0 Å². The topological polar surface area (TPSA) is 98.7 Å². The Bertz CT molecular complexity index is 1150. The lowest BCUT2D eigenvalue weighted by atomic mass is 9.66. The number of hydrogen-bond acceptors (Lipinski definition) is 5. The van der Waals surface area contributed by atoms with E-state index in [0.717, 1.165) is 24.0 Å². The number of aliphatic hydroxyl groups is 1. The lowest BCUT2D eigenvalue weighted by Crippen LogP contribution is -2.57. The van der Waals surface area contributed by atoms with E-state index in [4.69, 9.17) is 0 Å². The third-order valence-corrected chi connectivity index (χ3v) is 10.4. The van der Waals surface area contributed by atoms with Crippen LogP contribution >= 0.6 is 11.8 Å². The van der Waals surface area contributed by atoms with Gasteiger partial charge in [0.05, 0.1) is 29.2 Å². The van der Waals surface area contributed by atoms with Crippen LogP contribution in [0.1, 0.15) is 43.9 Å². The quantitative estimate of drug-likeness (QED) is 0.471. The van der Waals surface area contributed by atoms with Gasteiger partial charge in [-0.1, -0.05) is 74.5 Å². The highest BCUT2D eigenvalue weighted by atomic mass is 32.2. The van der Waals surface area contributed by atoms with Crippen LogP contribution < -0.4 is 10.6 Å². The molecule has 37 heavy (non-hydrogen) atoms. The average Bonchev–Trinajstić information content (AvgIpc) is 3.51. The summed E-state index contributed by atoms with van der Waals surface area (Å²) in [7, 11) is 0. The Labute approximate surface area is 222 Å². The molecule has 7 atom stereocenters. The highest BCUT2D eigenvalue weighted by molar-refractivity contribution is 8.02. The minimum Gasteiger partial charge on any atom is -0.394 e. The fourth-order valence-electron chi connectivity index (χ4n) is 6.67. The number of nitrogens with zero attached hydrogens (tertiary/aromatic N) is 1. The second-order valence-electron chi connectivity index (χ2n) is 10.4. The molecule has 3 N–H and O–H groups in total. The van der Waals surface area contributed by atoms with Gasteiger partial charge in [-0.3, -0.25) is 14.4 Å². The van der Waals surface area contributed by atoms with E-state index in [9.17, 15) is 19.5 Å². The Morgan fingerprint density at radius 2 is 1.76 bits per heavy atom. The van der Waals surface area contributed by atoms with Crippen molar-refractivity contribution in [1.82, 2.24) is 15.5 Å². The van der Waals surface area contributed by atoms with Crippen LogP contribution in [-0.2, 0) is 20.9 Å².